The van der Waals surface area contributed by atoms with Gasteiger partial charge in [0.25, 0.3) is 5.91 Å². The standard InChI is InChI=1S/C41H40FN5O4/c42-32-14-4-1-9-25(32)19-26-23-45(35(48)21-27-20-28-10-7-17-46(28)40(27)30-12-2-5-15-33(30)43-37(40)50)24-39(36(26)49)22-29-11-8-18-47(29)41(39)31-13-3-6-16-34(31)44-38(41)51/h1-6,9,12-16,19,27-29H,7-8,10-11,17-18,20-24H2,(H,43,50)(H,44,51)/b26-19+/t27-,28-,29-,39+,40-,41+/m1/s1. The largest absolute Gasteiger partial charge is 0.337 e. The van der Waals surface area contributed by atoms with Gasteiger partial charge in [-0.05, 0) is 75.9 Å². The van der Waals surface area contributed by atoms with E-state index in [1.165, 1.54) is 6.07 Å². The third kappa shape index (κ3) is 3.92. The van der Waals surface area contributed by atoms with E-state index in [1.807, 2.05) is 48.5 Å². The Labute approximate surface area is 295 Å². The maximum Gasteiger partial charge on any atom is 0.250 e. The molecule has 10 rings (SSSR count). The van der Waals surface area contributed by atoms with E-state index in [9.17, 15) is 14.4 Å². The first-order valence-corrected chi connectivity index (χ1v) is 18.4. The molecule has 0 unspecified atom stereocenters. The minimum absolute atomic E-state index is 0.00735. The molecule has 0 radical (unpaired) electrons. The zero-order valence-electron chi connectivity index (χ0n) is 28.4. The third-order valence-corrected chi connectivity index (χ3v) is 13.4. The first-order chi connectivity index (χ1) is 24.8. The van der Waals surface area contributed by atoms with Crippen molar-refractivity contribution in [2.45, 2.75) is 68.1 Å². The van der Waals surface area contributed by atoms with E-state index in [2.05, 4.69) is 20.4 Å². The summed E-state index contributed by atoms with van der Waals surface area (Å²) in [6.07, 6.45) is 6.60. The van der Waals surface area contributed by atoms with Gasteiger partial charge in [0.1, 0.15) is 16.9 Å². The smallest absolute Gasteiger partial charge is 0.250 e. The number of anilines is 2. The van der Waals surface area contributed by atoms with Crippen molar-refractivity contribution in [3.05, 3.63) is 101 Å². The average molecular weight is 686 g/mol. The summed E-state index contributed by atoms with van der Waals surface area (Å²) in [5, 5.41) is 6.25. The Bertz CT molecular complexity index is 2080. The second-order valence-electron chi connectivity index (χ2n) is 15.6. The number of amides is 3. The van der Waals surface area contributed by atoms with Crippen LogP contribution in [0.3, 0.4) is 0 Å². The molecule has 3 aromatic rings. The Morgan fingerprint density at radius 2 is 1.49 bits per heavy atom. The van der Waals surface area contributed by atoms with Crippen molar-refractivity contribution in [3.63, 3.8) is 0 Å². The summed E-state index contributed by atoms with van der Waals surface area (Å²) in [6, 6.07) is 21.9. The lowest BCUT2D eigenvalue weighted by molar-refractivity contribution is -0.151. The van der Waals surface area contributed by atoms with Crippen molar-refractivity contribution in [2.75, 3.05) is 36.8 Å². The summed E-state index contributed by atoms with van der Waals surface area (Å²) < 4.78 is 15.2. The number of hydrogen-bond acceptors (Lipinski definition) is 6. The summed E-state index contributed by atoms with van der Waals surface area (Å²) in [6.45, 7) is 1.54. The lowest BCUT2D eigenvalue weighted by atomic mass is 9.60. The molecule has 5 fully saturated rings. The molecule has 3 aromatic carbocycles. The molecule has 0 saturated carbocycles. The summed E-state index contributed by atoms with van der Waals surface area (Å²) in [5.74, 6) is -1.40. The Balaban J connectivity index is 1.09. The van der Waals surface area contributed by atoms with Crippen LogP contribution >= 0.6 is 0 Å². The van der Waals surface area contributed by atoms with Crippen LogP contribution in [0, 0.1) is 17.2 Å². The molecule has 10 heteroatoms. The number of piperidine rings is 1. The highest BCUT2D eigenvalue weighted by atomic mass is 19.1. The van der Waals surface area contributed by atoms with Crippen molar-refractivity contribution in [3.8, 4) is 0 Å². The lowest BCUT2D eigenvalue weighted by Gasteiger charge is -2.50. The quantitative estimate of drug-likeness (QED) is 0.375. The molecule has 0 bridgehead atoms. The monoisotopic (exact) mass is 685 g/mol. The molecule has 3 amide bonds. The Hall–Kier alpha value is -4.67. The van der Waals surface area contributed by atoms with Gasteiger partial charge in [0.2, 0.25) is 11.8 Å². The molecule has 9 nitrogen and oxygen atoms in total. The number of nitrogens with one attached hydrogen (secondary N) is 2. The minimum Gasteiger partial charge on any atom is -0.337 e. The van der Waals surface area contributed by atoms with Crippen molar-refractivity contribution < 1.29 is 23.6 Å². The zero-order chi connectivity index (χ0) is 34.7. The highest BCUT2D eigenvalue weighted by Crippen LogP contribution is 2.64. The fraction of sp³-hybridized carbons (Fsp3) is 0.415. The number of likely N-dealkylation sites (tertiary alicyclic amines) is 1. The van der Waals surface area contributed by atoms with E-state index in [0.29, 0.717) is 24.2 Å². The van der Waals surface area contributed by atoms with E-state index in [1.54, 1.807) is 29.2 Å². The average Bonchev–Trinajstić information content (AvgIpc) is 3.96. The highest BCUT2D eigenvalue weighted by Gasteiger charge is 2.75. The highest BCUT2D eigenvalue weighted by molar-refractivity contribution is 6.16. The molecule has 51 heavy (non-hydrogen) atoms. The van der Waals surface area contributed by atoms with Crippen LogP contribution in [-0.4, -0.2) is 76.5 Å². The molecule has 0 aromatic heterocycles. The fourth-order valence-electron chi connectivity index (χ4n) is 11.7. The molecular formula is C41H40FN5O4. The molecule has 7 heterocycles. The van der Waals surface area contributed by atoms with Crippen LogP contribution in [0.25, 0.3) is 6.08 Å². The number of carbonyl (C=O) groups is 4. The van der Waals surface area contributed by atoms with E-state index >= 15 is 9.18 Å². The van der Waals surface area contributed by atoms with E-state index in [0.717, 1.165) is 55.5 Å². The van der Waals surface area contributed by atoms with Gasteiger partial charge in [-0.1, -0.05) is 54.6 Å². The second kappa shape index (κ2) is 10.9. The van der Waals surface area contributed by atoms with Gasteiger partial charge in [0.05, 0.1) is 5.41 Å². The number of halogens is 1. The fourth-order valence-corrected chi connectivity index (χ4v) is 11.7. The first kappa shape index (κ1) is 31.1. The molecular weight excluding hydrogens is 645 g/mol. The van der Waals surface area contributed by atoms with Gasteiger partial charge >= 0.3 is 0 Å². The number of carbonyl (C=O) groups excluding carboxylic acids is 4. The molecule has 5 saturated heterocycles. The van der Waals surface area contributed by atoms with Gasteiger partial charge in [0, 0.05) is 71.2 Å². The molecule has 7 aliphatic heterocycles. The number of hydrogen-bond donors (Lipinski definition) is 2. The molecule has 2 N–H and O–H groups in total. The summed E-state index contributed by atoms with van der Waals surface area (Å²) in [5.41, 5.74) is 0.228. The number of Topliss-reactive ketones (excluding diaryl/α,β-unsaturated/α-hetero) is 1. The maximum absolute atomic E-state index is 15.2. The van der Waals surface area contributed by atoms with Crippen LogP contribution in [-0.2, 0) is 30.3 Å². The number of fused-ring (bicyclic) bond motifs is 9. The van der Waals surface area contributed by atoms with E-state index in [-0.39, 0.29) is 66.6 Å². The van der Waals surface area contributed by atoms with E-state index in [4.69, 9.17) is 0 Å². The number of ketones is 1. The lowest BCUT2D eigenvalue weighted by Crippen LogP contribution is -2.65. The molecule has 7 aliphatic rings. The van der Waals surface area contributed by atoms with Gasteiger partial charge in [0.15, 0.2) is 5.78 Å². The Morgan fingerprint density at radius 1 is 0.824 bits per heavy atom. The second-order valence-corrected chi connectivity index (χ2v) is 15.6. The number of rotatable bonds is 3. The molecule has 6 atom stereocenters. The number of benzene rings is 3. The maximum atomic E-state index is 15.2. The van der Waals surface area contributed by atoms with Crippen LogP contribution in [0.4, 0.5) is 15.8 Å². The van der Waals surface area contributed by atoms with Crippen LogP contribution in [0.2, 0.25) is 0 Å². The van der Waals surface area contributed by atoms with Gasteiger partial charge in [-0.25, -0.2) is 4.39 Å². The normalized spacial score (nSPS) is 34.5. The first-order valence-electron chi connectivity index (χ1n) is 18.4. The Kier molecular flexibility index (Phi) is 6.66. The van der Waals surface area contributed by atoms with Crippen LogP contribution in [0.5, 0.6) is 0 Å². The van der Waals surface area contributed by atoms with Gasteiger partial charge in [-0.15, -0.1) is 0 Å². The molecule has 3 spiro atoms. The summed E-state index contributed by atoms with van der Waals surface area (Å²) in [4.78, 5) is 65.2. The van der Waals surface area contributed by atoms with Crippen LogP contribution in [0.1, 0.15) is 61.6 Å². The van der Waals surface area contributed by atoms with Gasteiger partial charge in [-0.3, -0.25) is 29.0 Å². The van der Waals surface area contributed by atoms with Crippen molar-refractivity contribution in [2.24, 2.45) is 11.3 Å². The van der Waals surface area contributed by atoms with Crippen molar-refractivity contribution >= 4 is 41.0 Å². The van der Waals surface area contributed by atoms with Crippen LogP contribution < -0.4 is 10.6 Å². The SMILES string of the molecule is O=C(C[C@H]1C[C@H]2CCCN2[C@]12C(=O)Nc1ccccc12)N1C/C(=C\c2ccccc2F)C(=O)[C@]2(C[C@H]3CCCN3[C@@]23C(=O)Nc2ccccc23)C1. The topological polar surface area (TPSA) is 102 Å². The molecule has 260 valence electrons. The molecule has 0 aliphatic carbocycles. The summed E-state index contributed by atoms with van der Waals surface area (Å²) in [7, 11) is 0. The van der Waals surface area contributed by atoms with E-state index < -0.39 is 22.3 Å². The third-order valence-electron chi connectivity index (χ3n) is 13.4. The number of para-hydroxylation sites is 2. The van der Waals surface area contributed by atoms with Gasteiger partial charge < -0.3 is 15.5 Å². The van der Waals surface area contributed by atoms with Gasteiger partial charge in [-0.2, -0.15) is 0 Å². The van der Waals surface area contributed by atoms with Crippen molar-refractivity contribution in [1.82, 2.24) is 14.7 Å². The van der Waals surface area contributed by atoms with Crippen LogP contribution in [0.15, 0.2) is 78.4 Å². The van der Waals surface area contributed by atoms with Crippen molar-refractivity contribution in [1.29, 1.82) is 0 Å². The number of nitrogens with zero attached hydrogens (tertiary/aromatic N) is 3. The summed E-state index contributed by atoms with van der Waals surface area (Å²) >= 11 is 0. The zero-order valence-corrected chi connectivity index (χ0v) is 28.4. The predicted octanol–water partition coefficient (Wildman–Crippen LogP) is 5.04. The Morgan fingerprint density at radius 3 is 2.29 bits per heavy atom. The predicted molar refractivity (Wildman–Crippen MR) is 189 cm³/mol. The minimum atomic E-state index is -1.31.